The molecular weight excluding hydrogens is 483 g/mol. The molecule has 1 aromatic rings. The predicted molar refractivity (Wildman–Crippen MR) is 87.2 cm³/mol. The second-order valence-electron chi connectivity index (χ2n) is 4.54. The average Bonchev–Trinajstić information content (AvgIpc) is 2.43. The van der Waals surface area contributed by atoms with Crippen LogP contribution in [0.15, 0.2) is 22.7 Å². The van der Waals surface area contributed by atoms with E-state index in [-0.39, 0.29) is 10.0 Å². The van der Waals surface area contributed by atoms with Gasteiger partial charge in [0.2, 0.25) is 0 Å². The lowest BCUT2D eigenvalue weighted by atomic mass is 9.99. The van der Waals surface area contributed by atoms with Gasteiger partial charge >= 0.3 is 6.18 Å². The van der Waals surface area contributed by atoms with Crippen LogP contribution in [-0.4, -0.2) is 22.1 Å². The average molecular weight is 496 g/mol. The number of amides is 1. The van der Waals surface area contributed by atoms with E-state index >= 15 is 0 Å². The molecule has 1 N–H and O–H groups in total. The molecule has 0 saturated carbocycles. The highest BCUT2D eigenvalue weighted by Gasteiger charge is 2.37. The first-order valence-corrected chi connectivity index (χ1v) is 9.04. The Kier molecular flexibility index (Phi) is 6.74. The number of carbonyl (C=O) groups excluding carboxylic acids is 1. The van der Waals surface area contributed by atoms with Gasteiger partial charge in [0.05, 0.1) is 16.7 Å². The van der Waals surface area contributed by atoms with Crippen molar-refractivity contribution < 1.29 is 18.0 Å². The van der Waals surface area contributed by atoms with Gasteiger partial charge in [0, 0.05) is 15.1 Å². The Balaban J connectivity index is 3.19. The Labute approximate surface area is 146 Å². The molecule has 118 valence electrons. The van der Waals surface area contributed by atoms with Crippen LogP contribution in [0.25, 0.3) is 0 Å². The molecule has 2 nitrogen and oxygen atoms in total. The fourth-order valence-corrected chi connectivity index (χ4v) is 4.00. The summed E-state index contributed by atoms with van der Waals surface area (Å²) in [4.78, 5) is 12.2. The minimum Gasteiger partial charge on any atom is -0.345 e. The fourth-order valence-electron chi connectivity index (χ4n) is 1.64. The van der Waals surface area contributed by atoms with Crippen molar-refractivity contribution in [3.05, 3.63) is 33.8 Å². The molecular formula is C13H13Br3F3NO. The molecule has 1 rings (SSSR count). The minimum atomic E-state index is -4.59. The molecule has 0 aliphatic carbocycles. The number of hydrogen-bond acceptors (Lipinski definition) is 1. The Morgan fingerprint density at radius 2 is 1.81 bits per heavy atom. The van der Waals surface area contributed by atoms with Crippen molar-refractivity contribution in [2.45, 2.75) is 25.1 Å². The molecule has 0 fully saturated rings. The second kappa shape index (κ2) is 7.46. The van der Waals surface area contributed by atoms with Gasteiger partial charge in [-0.15, -0.1) is 0 Å². The zero-order chi connectivity index (χ0) is 16.3. The Morgan fingerprint density at radius 1 is 1.24 bits per heavy atom. The van der Waals surface area contributed by atoms with Crippen LogP contribution >= 0.6 is 47.8 Å². The quantitative estimate of drug-likeness (QED) is 0.563. The van der Waals surface area contributed by atoms with Crippen molar-refractivity contribution in [1.82, 2.24) is 5.32 Å². The molecule has 1 amide bonds. The first-order valence-electron chi connectivity index (χ1n) is 6.00. The molecule has 0 spiro atoms. The molecule has 0 aliphatic rings. The molecule has 8 heteroatoms. The maximum Gasteiger partial charge on any atom is 0.417 e. The first kappa shape index (κ1) is 19.0. The molecule has 21 heavy (non-hydrogen) atoms. The third-order valence-corrected chi connectivity index (χ3v) is 5.74. The van der Waals surface area contributed by atoms with Gasteiger partial charge in [-0.1, -0.05) is 54.7 Å². The summed E-state index contributed by atoms with van der Waals surface area (Å²) in [7, 11) is 0. The zero-order valence-corrected chi connectivity index (χ0v) is 15.8. The first-order chi connectivity index (χ1) is 9.69. The minimum absolute atomic E-state index is 0.272. The van der Waals surface area contributed by atoms with E-state index in [1.165, 1.54) is 12.1 Å². The summed E-state index contributed by atoms with van der Waals surface area (Å²) < 4.78 is 39.4. The molecule has 0 saturated heterocycles. The van der Waals surface area contributed by atoms with E-state index in [0.717, 1.165) is 6.07 Å². The number of halogens is 6. The van der Waals surface area contributed by atoms with Gasteiger partial charge in [-0.05, 0) is 24.6 Å². The molecule has 1 aromatic carbocycles. The van der Waals surface area contributed by atoms with Crippen molar-refractivity contribution in [3.8, 4) is 0 Å². The zero-order valence-electron chi connectivity index (χ0n) is 11.0. The van der Waals surface area contributed by atoms with Crippen LogP contribution in [0.2, 0.25) is 0 Å². The molecule has 0 aromatic heterocycles. The summed E-state index contributed by atoms with van der Waals surface area (Å²) in [6.45, 7) is 1.86. The summed E-state index contributed by atoms with van der Waals surface area (Å²) in [5.41, 5.74) is -1.97. The van der Waals surface area contributed by atoms with Gasteiger partial charge in [0.25, 0.3) is 5.91 Å². The number of hydrogen-bond donors (Lipinski definition) is 1. The largest absolute Gasteiger partial charge is 0.417 e. The van der Waals surface area contributed by atoms with E-state index in [1.807, 2.05) is 6.92 Å². The highest BCUT2D eigenvalue weighted by Crippen LogP contribution is 2.34. The summed E-state index contributed by atoms with van der Waals surface area (Å²) in [5, 5.41) is 3.55. The van der Waals surface area contributed by atoms with E-state index in [9.17, 15) is 18.0 Å². The van der Waals surface area contributed by atoms with Crippen molar-refractivity contribution in [2.75, 3.05) is 10.7 Å². The van der Waals surface area contributed by atoms with Crippen LogP contribution in [0, 0.1) is 0 Å². The summed E-state index contributed by atoms with van der Waals surface area (Å²) in [5.74, 6) is -0.740. The van der Waals surface area contributed by atoms with Crippen LogP contribution in [-0.2, 0) is 6.18 Å². The summed E-state index contributed by atoms with van der Waals surface area (Å²) >= 11 is 9.57. The highest BCUT2D eigenvalue weighted by molar-refractivity contribution is 9.10. The smallest absolute Gasteiger partial charge is 0.345 e. The SMILES string of the molecule is CCC(CBr)(CBr)NC(=O)c1ccc(Br)cc1C(F)(F)F. The molecule has 0 bridgehead atoms. The maximum atomic E-state index is 13.0. The van der Waals surface area contributed by atoms with Crippen molar-refractivity contribution in [3.63, 3.8) is 0 Å². The lowest BCUT2D eigenvalue weighted by molar-refractivity contribution is -0.138. The van der Waals surface area contributed by atoms with Crippen molar-refractivity contribution in [2.24, 2.45) is 0 Å². The third-order valence-electron chi connectivity index (χ3n) is 3.10. The summed E-state index contributed by atoms with van der Waals surface area (Å²) in [6.07, 6.45) is -4.01. The van der Waals surface area contributed by atoms with E-state index in [0.29, 0.717) is 17.1 Å². The molecule has 0 radical (unpaired) electrons. The Morgan fingerprint density at radius 3 is 2.24 bits per heavy atom. The number of alkyl halides is 5. The lowest BCUT2D eigenvalue weighted by Gasteiger charge is -2.30. The fraction of sp³-hybridized carbons (Fsp3) is 0.462. The van der Waals surface area contributed by atoms with Gasteiger partial charge in [0.1, 0.15) is 0 Å². The second-order valence-corrected chi connectivity index (χ2v) is 6.58. The predicted octanol–water partition coefficient (Wildman–Crippen LogP) is 5.14. The molecule has 0 atom stereocenters. The Bertz CT molecular complexity index is 508. The summed E-state index contributed by atoms with van der Waals surface area (Å²) in [6, 6.07) is 3.50. The van der Waals surface area contributed by atoms with Crippen LogP contribution in [0.3, 0.4) is 0 Å². The topological polar surface area (TPSA) is 29.1 Å². The van der Waals surface area contributed by atoms with Crippen molar-refractivity contribution >= 4 is 53.7 Å². The number of benzene rings is 1. The highest BCUT2D eigenvalue weighted by atomic mass is 79.9. The normalized spacial score (nSPS) is 12.3. The van der Waals surface area contributed by atoms with E-state index in [1.54, 1.807) is 0 Å². The number of rotatable bonds is 5. The maximum absolute atomic E-state index is 13.0. The molecule has 0 unspecified atom stereocenters. The van der Waals surface area contributed by atoms with Crippen LogP contribution < -0.4 is 5.32 Å². The van der Waals surface area contributed by atoms with Crippen molar-refractivity contribution in [1.29, 1.82) is 0 Å². The molecule has 0 aliphatic heterocycles. The van der Waals surface area contributed by atoms with Gasteiger partial charge in [-0.25, -0.2) is 0 Å². The third kappa shape index (κ3) is 4.69. The number of carbonyl (C=O) groups is 1. The molecule has 0 heterocycles. The van der Waals surface area contributed by atoms with E-state index in [2.05, 4.69) is 53.1 Å². The van der Waals surface area contributed by atoms with E-state index in [4.69, 9.17) is 0 Å². The van der Waals surface area contributed by atoms with Crippen LogP contribution in [0.4, 0.5) is 13.2 Å². The number of nitrogens with one attached hydrogen (secondary N) is 1. The lowest BCUT2D eigenvalue weighted by Crippen LogP contribution is -2.51. The van der Waals surface area contributed by atoms with E-state index < -0.39 is 23.2 Å². The van der Waals surface area contributed by atoms with Gasteiger partial charge in [-0.3, -0.25) is 4.79 Å². The van der Waals surface area contributed by atoms with Gasteiger partial charge in [0.15, 0.2) is 0 Å². The van der Waals surface area contributed by atoms with Gasteiger partial charge < -0.3 is 5.32 Å². The van der Waals surface area contributed by atoms with Crippen LogP contribution in [0.5, 0.6) is 0 Å². The monoisotopic (exact) mass is 493 g/mol. The van der Waals surface area contributed by atoms with Crippen LogP contribution in [0.1, 0.15) is 29.3 Å². The standard InChI is InChI=1S/C13H13Br3F3NO/c1-2-12(6-14,7-15)20-11(21)9-4-3-8(16)5-10(9)13(17,18)19/h3-5H,2,6-7H2,1H3,(H,20,21). The Hall–Kier alpha value is -0.0800. The van der Waals surface area contributed by atoms with Gasteiger partial charge in [-0.2, -0.15) is 13.2 Å².